The molecule has 0 aliphatic carbocycles. The van der Waals surface area contributed by atoms with Gasteiger partial charge in [-0.2, -0.15) is 0 Å². The first-order valence-electron chi connectivity index (χ1n) is 6.49. The Kier molecular flexibility index (Phi) is 5.90. The maximum Gasteiger partial charge on any atom is 0.328 e. The van der Waals surface area contributed by atoms with Crippen LogP contribution in [0.15, 0.2) is 24.3 Å². The van der Waals surface area contributed by atoms with Crippen molar-refractivity contribution in [2.75, 3.05) is 0 Å². The molecule has 0 atom stereocenters. The van der Waals surface area contributed by atoms with Crippen molar-refractivity contribution in [1.29, 1.82) is 0 Å². The zero-order valence-corrected chi connectivity index (χ0v) is 11.5. The van der Waals surface area contributed by atoms with Crippen molar-refractivity contribution in [3.8, 4) is 0 Å². The lowest BCUT2D eigenvalue weighted by Crippen LogP contribution is -2.34. The van der Waals surface area contributed by atoms with E-state index in [9.17, 15) is 14.0 Å². The van der Waals surface area contributed by atoms with Crippen LogP contribution >= 0.6 is 0 Å². The van der Waals surface area contributed by atoms with E-state index in [1.54, 1.807) is 0 Å². The van der Waals surface area contributed by atoms with E-state index in [1.807, 2.05) is 13.8 Å². The lowest BCUT2D eigenvalue weighted by Gasteiger charge is -2.15. The molecule has 0 heterocycles. The SMILES string of the molecule is CCC(CC)NC(=O)c1cc(C=CC(=O)O)ccc1F. The molecular formula is C15H18FNO3. The van der Waals surface area contributed by atoms with Gasteiger partial charge in [0.15, 0.2) is 0 Å². The van der Waals surface area contributed by atoms with E-state index in [1.165, 1.54) is 18.2 Å². The van der Waals surface area contributed by atoms with Crippen molar-refractivity contribution < 1.29 is 19.1 Å². The molecule has 0 fully saturated rings. The monoisotopic (exact) mass is 279 g/mol. The van der Waals surface area contributed by atoms with Gasteiger partial charge in [0.05, 0.1) is 5.56 Å². The quantitative estimate of drug-likeness (QED) is 0.787. The Balaban J connectivity index is 2.96. The van der Waals surface area contributed by atoms with E-state index >= 15 is 0 Å². The Labute approximate surface area is 117 Å². The van der Waals surface area contributed by atoms with Crippen molar-refractivity contribution in [3.63, 3.8) is 0 Å². The van der Waals surface area contributed by atoms with E-state index in [2.05, 4.69) is 5.32 Å². The molecule has 20 heavy (non-hydrogen) atoms. The Bertz CT molecular complexity index is 522. The van der Waals surface area contributed by atoms with E-state index in [0.717, 1.165) is 25.0 Å². The molecule has 2 N–H and O–H groups in total. The first-order chi connectivity index (χ1) is 9.47. The summed E-state index contributed by atoms with van der Waals surface area (Å²) in [6.45, 7) is 3.88. The first kappa shape index (κ1) is 15.9. The van der Waals surface area contributed by atoms with Gasteiger partial charge in [-0.15, -0.1) is 0 Å². The topological polar surface area (TPSA) is 66.4 Å². The highest BCUT2D eigenvalue weighted by Gasteiger charge is 2.15. The number of carbonyl (C=O) groups is 2. The summed E-state index contributed by atoms with van der Waals surface area (Å²) in [5.41, 5.74) is 0.382. The summed E-state index contributed by atoms with van der Waals surface area (Å²) in [4.78, 5) is 22.4. The van der Waals surface area contributed by atoms with E-state index < -0.39 is 17.7 Å². The van der Waals surface area contributed by atoms with Gasteiger partial charge in [0.1, 0.15) is 5.82 Å². The highest BCUT2D eigenvalue weighted by atomic mass is 19.1. The van der Waals surface area contributed by atoms with Crippen LogP contribution < -0.4 is 5.32 Å². The predicted octanol–water partition coefficient (Wildman–Crippen LogP) is 2.84. The Morgan fingerprint density at radius 2 is 2.00 bits per heavy atom. The summed E-state index contributed by atoms with van der Waals surface area (Å²) < 4.78 is 13.7. The van der Waals surface area contributed by atoms with Crippen LogP contribution in [0.5, 0.6) is 0 Å². The third-order valence-corrected chi connectivity index (χ3v) is 2.97. The van der Waals surface area contributed by atoms with Crippen LogP contribution in [0, 0.1) is 5.82 Å². The summed E-state index contributed by atoms with van der Waals surface area (Å²) in [7, 11) is 0. The molecule has 0 aliphatic heterocycles. The van der Waals surface area contributed by atoms with Crippen molar-refractivity contribution >= 4 is 18.0 Å². The summed E-state index contributed by atoms with van der Waals surface area (Å²) in [5.74, 6) is -2.21. The maximum atomic E-state index is 13.7. The Morgan fingerprint density at radius 1 is 1.35 bits per heavy atom. The molecule has 108 valence electrons. The van der Waals surface area contributed by atoms with Gasteiger partial charge in [-0.1, -0.05) is 19.9 Å². The molecular weight excluding hydrogens is 261 g/mol. The number of hydrogen-bond acceptors (Lipinski definition) is 2. The number of carboxylic acid groups (broad SMARTS) is 1. The third kappa shape index (κ3) is 4.50. The number of nitrogens with one attached hydrogen (secondary N) is 1. The number of benzene rings is 1. The van der Waals surface area contributed by atoms with Gasteiger partial charge in [-0.05, 0) is 36.6 Å². The summed E-state index contributed by atoms with van der Waals surface area (Å²) >= 11 is 0. The fraction of sp³-hybridized carbons (Fsp3) is 0.333. The molecule has 0 unspecified atom stereocenters. The summed E-state index contributed by atoms with van der Waals surface area (Å²) in [6.07, 6.45) is 3.79. The van der Waals surface area contributed by atoms with Gasteiger partial charge < -0.3 is 10.4 Å². The molecule has 0 aliphatic rings. The third-order valence-electron chi connectivity index (χ3n) is 2.97. The zero-order chi connectivity index (χ0) is 15.1. The number of carbonyl (C=O) groups excluding carboxylic acids is 1. The van der Waals surface area contributed by atoms with Gasteiger partial charge >= 0.3 is 5.97 Å². The molecule has 4 nitrogen and oxygen atoms in total. The molecule has 1 amide bonds. The van der Waals surface area contributed by atoms with Crippen LogP contribution in [0.4, 0.5) is 4.39 Å². The second-order valence-electron chi connectivity index (χ2n) is 4.40. The van der Waals surface area contributed by atoms with Crippen LogP contribution in [0.1, 0.15) is 42.6 Å². The molecule has 1 aromatic carbocycles. The highest BCUT2D eigenvalue weighted by molar-refractivity contribution is 5.95. The van der Waals surface area contributed by atoms with Gasteiger partial charge in [-0.3, -0.25) is 4.79 Å². The molecule has 0 bridgehead atoms. The highest BCUT2D eigenvalue weighted by Crippen LogP contribution is 2.13. The number of halogens is 1. The number of hydrogen-bond donors (Lipinski definition) is 2. The molecule has 0 aromatic heterocycles. The predicted molar refractivity (Wildman–Crippen MR) is 74.9 cm³/mol. The molecule has 0 spiro atoms. The first-order valence-corrected chi connectivity index (χ1v) is 6.49. The molecule has 5 heteroatoms. The molecule has 0 saturated heterocycles. The molecule has 0 saturated carbocycles. The van der Waals surface area contributed by atoms with Gasteiger partial charge in [0, 0.05) is 12.1 Å². The van der Waals surface area contributed by atoms with Crippen molar-refractivity contribution in [2.24, 2.45) is 0 Å². The smallest absolute Gasteiger partial charge is 0.328 e. The van der Waals surface area contributed by atoms with Gasteiger partial charge in [0.2, 0.25) is 0 Å². The fourth-order valence-corrected chi connectivity index (χ4v) is 1.74. The van der Waals surface area contributed by atoms with Crippen molar-refractivity contribution in [1.82, 2.24) is 5.32 Å². The molecule has 0 radical (unpaired) electrons. The second kappa shape index (κ2) is 7.43. The molecule has 1 aromatic rings. The normalized spacial score (nSPS) is 11.0. The standard InChI is InChI=1S/C15H18FNO3/c1-3-11(4-2)17-15(20)12-9-10(5-7-13(12)16)6-8-14(18)19/h5-9,11H,3-4H2,1-2H3,(H,17,20)(H,18,19). The fourth-order valence-electron chi connectivity index (χ4n) is 1.74. The number of aliphatic carboxylic acids is 1. The van der Waals surface area contributed by atoms with Crippen LogP contribution in [0.3, 0.4) is 0 Å². The minimum absolute atomic E-state index is 0.000109. The average molecular weight is 279 g/mol. The van der Waals surface area contributed by atoms with Crippen molar-refractivity contribution in [2.45, 2.75) is 32.7 Å². The zero-order valence-electron chi connectivity index (χ0n) is 11.5. The van der Waals surface area contributed by atoms with Gasteiger partial charge in [-0.25, -0.2) is 9.18 Å². The van der Waals surface area contributed by atoms with E-state index in [0.29, 0.717) is 5.56 Å². The largest absolute Gasteiger partial charge is 0.478 e. The minimum atomic E-state index is -1.10. The number of carboxylic acids is 1. The molecule has 1 rings (SSSR count). The number of amides is 1. The van der Waals surface area contributed by atoms with E-state index in [-0.39, 0.29) is 11.6 Å². The maximum absolute atomic E-state index is 13.7. The van der Waals surface area contributed by atoms with Crippen LogP contribution in [-0.4, -0.2) is 23.0 Å². The van der Waals surface area contributed by atoms with Crippen LogP contribution in [0.2, 0.25) is 0 Å². The Hall–Kier alpha value is -2.17. The lowest BCUT2D eigenvalue weighted by molar-refractivity contribution is -0.131. The van der Waals surface area contributed by atoms with Crippen molar-refractivity contribution in [3.05, 3.63) is 41.2 Å². The summed E-state index contributed by atoms with van der Waals surface area (Å²) in [5, 5.41) is 11.3. The van der Waals surface area contributed by atoms with E-state index in [4.69, 9.17) is 5.11 Å². The summed E-state index contributed by atoms with van der Waals surface area (Å²) in [6, 6.07) is 3.92. The minimum Gasteiger partial charge on any atom is -0.478 e. The Morgan fingerprint density at radius 3 is 2.55 bits per heavy atom. The second-order valence-corrected chi connectivity index (χ2v) is 4.40. The van der Waals surface area contributed by atoms with Crippen LogP contribution in [-0.2, 0) is 4.79 Å². The average Bonchev–Trinajstić information content (AvgIpc) is 2.43. The number of rotatable bonds is 6. The van der Waals surface area contributed by atoms with Gasteiger partial charge in [0.25, 0.3) is 5.91 Å². The van der Waals surface area contributed by atoms with Crippen LogP contribution in [0.25, 0.3) is 6.08 Å². The lowest BCUT2D eigenvalue weighted by atomic mass is 10.1.